The second-order valence-corrected chi connectivity index (χ2v) is 7.74. The predicted molar refractivity (Wildman–Crippen MR) is 131 cm³/mol. The van der Waals surface area contributed by atoms with Crippen LogP contribution in [0.25, 0.3) is 32.9 Å². The lowest BCUT2D eigenvalue weighted by Gasteiger charge is -2.12. The summed E-state index contributed by atoms with van der Waals surface area (Å²) >= 11 is 0. The van der Waals surface area contributed by atoms with Gasteiger partial charge < -0.3 is 19.1 Å². The van der Waals surface area contributed by atoms with Crippen molar-refractivity contribution >= 4 is 27.6 Å². The van der Waals surface area contributed by atoms with E-state index in [2.05, 4.69) is 9.97 Å². The zero-order valence-electron chi connectivity index (χ0n) is 18.6. The maximum Gasteiger partial charge on any atom is 0.352 e. The van der Waals surface area contributed by atoms with Crippen molar-refractivity contribution in [1.29, 1.82) is 0 Å². The Morgan fingerprint density at radius 1 is 1.00 bits per heavy atom. The fourth-order valence-corrected chi connectivity index (χ4v) is 4.19. The lowest BCUT2D eigenvalue weighted by atomic mass is 10.1. The molecule has 0 bridgehead atoms. The van der Waals surface area contributed by atoms with Gasteiger partial charge in [0.25, 0.3) is 0 Å². The lowest BCUT2D eigenvalue weighted by Crippen LogP contribution is -2.13. The fourth-order valence-electron chi connectivity index (χ4n) is 4.19. The molecule has 1 N–H and O–H groups in total. The Hall–Kier alpha value is -4.39. The van der Waals surface area contributed by atoms with Gasteiger partial charge in [0.1, 0.15) is 23.8 Å². The summed E-state index contributed by atoms with van der Waals surface area (Å²) in [5, 5.41) is 12.6. The summed E-state index contributed by atoms with van der Waals surface area (Å²) in [5.41, 5.74) is 2.55. The van der Waals surface area contributed by atoms with Crippen LogP contribution >= 0.6 is 0 Å². The first-order chi connectivity index (χ1) is 16.7. The number of nitrogens with zero attached hydrogens (tertiary/aromatic N) is 3. The number of ether oxygens (including phenoxy) is 2. The van der Waals surface area contributed by atoms with Crippen molar-refractivity contribution in [3.05, 3.63) is 84.9 Å². The van der Waals surface area contributed by atoms with E-state index in [9.17, 15) is 9.90 Å². The molecule has 0 aliphatic heterocycles. The Balaban J connectivity index is 1.48. The fraction of sp³-hybridized carbons (Fsp3) is 0.148. The average Bonchev–Trinajstić information content (AvgIpc) is 3.24. The highest BCUT2D eigenvalue weighted by Crippen LogP contribution is 2.31. The molecular weight excluding hydrogens is 430 g/mol. The molecule has 5 rings (SSSR count). The summed E-state index contributed by atoms with van der Waals surface area (Å²) in [6.07, 6.45) is 5.21. The number of carboxylic acids is 1. The summed E-state index contributed by atoms with van der Waals surface area (Å²) < 4.78 is 13.4. The van der Waals surface area contributed by atoms with E-state index in [0.29, 0.717) is 31.2 Å². The van der Waals surface area contributed by atoms with Gasteiger partial charge in [-0.25, -0.2) is 4.79 Å². The highest BCUT2D eigenvalue weighted by Gasteiger charge is 2.18. The van der Waals surface area contributed by atoms with Crippen LogP contribution in [0.2, 0.25) is 0 Å². The summed E-state index contributed by atoms with van der Waals surface area (Å²) in [5.74, 6) is 0.461. The van der Waals surface area contributed by atoms with Crippen LogP contribution in [0.15, 0.2) is 79.3 Å². The highest BCUT2D eigenvalue weighted by atomic mass is 16.5. The molecule has 0 atom stereocenters. The van der Waals surface area contributed by atoms with Gasteiger partial charge in [0, 0.05) is 34.9 Å². The average molecular weight is 453 g/mol. The van der Waals surface area contributed by atoms with Gasteiger partial charge in [-0.2, -0.15) is 0 Å². The van der Waals surface area contributed by atoms with Crippen LogP contribution in [0.4, 0.5) is 0 Å². The summed E-state index contributed by atoms with van der Waals surface area (Å²) in [4.78, 5) is 20.8. The Labute approximate surface area is 196 Å². The third-order valence-electron chi connectivity index (χ3n) is 5.68. The number of aromatic nitrogens is 3. The molecule has 0 spiro atoms. The van der Waals surface area contributed by atoms with E-state index < -0.39 is 5.97 Å². The van der Waals surface area contributed by atoms with Gasteiger partial charge in [0.15, 0.2) is 0 Å². The second-order valence-electron chi connectivity index (χ2n) is 7.74. The number of hydrogen-bond donors (Lipinski definition) is 1. The number of fused-ring (bicyclic) bond motifs is 2. The van der Waals surface area contributed by atoms with Crippen LogP contribution in [-0.2, 0) is 6.54 Å². The first-order valence-corrected chi connectivity index (χ1v) is 11.1. The summed E-state index contributed by atoms with van der Waals surface area (Å²) in [6, 6.07) is 18.9. The molecule has 0 radical (unpaired) electrons. The normalized spacial score (nSPS) is 11.1. The SMILES string of the molecule is CCOc1cccc(-c2nccc3c2cc(C(=O)O)n3CCOc2cccc3ccncc23)c1. The monoisotopic (exact) mass is 453 g/mol. The summed E-state index contributed by atoms with van der Waals surface area (Å²) in [6.45, 7) is 3.16. The van der Waals surface area contributed by atoms with Crippen molar-refractivity contribution in [2.24, 2.45) is 0 Å². The lowest BCUT2D eigenvalue weighted by molar-refractivity contribution is 0.0684. The molecule has 3 aromatic heterocycles. The maximum atomic E-state index is 12.1. The maximum absolute atomic E-state index is 12.1. The molecule has 7 nitrogen and oxygen atoms in total. The van der Waals surface area contributed by atoms with Crippen molar-refractivity contribution < 1.29 is 19.4 Å². The standard InChI is InChI=1S/C27H23N3O4/c1-2-33-20-7-3-6-19(15-20)26-21-16-24(27(31)32)30(23(21)10-12-29-26)13-14-34-25-8-4-5-18-9-11-28-17-22(18)25/h3-12,15-17H,2,13-14H2,1H3,(H,31,32). The number of hydrogen-bond acceptors (Lipinski definition) is 5. The summed E-state index contributed by atoms with van der Waals surface area (Å²) in [7, 11) is 0. The number of rotatable bonds is 8. The molecule has 34 heavy (non-hydrogen) atoms. The van der Waals surface area contributed by atoms with Gasteiger partial charge in [0.05, 0.1) is 24.4 Å². The Morgan fingerprint density at radius 3 is 2.74 bits per heavy atom. The smallest absolute Gasteiger partial charge is 0.352 e. The number of carbonyl (C=O) groups is 1. The van der Waals surface area contributed by atoms with Gasteiger partial charge >= 0.3 is 5.97 Å². The minimum absolute atomic E-state index is 0.188. The minimum atomic E-state index is -1.00. The van der Waals surface area contributed by atoms with Crippen LogP contribution in [0, 0.1) is 0 Å². The van der Waals surface area contributed by atoms with Crippen molar-refractivity contribution in [1.82, 2.24) is 14.5 Å². The Morgan fingerprint density at radius 2 is 1.88 bits per heavy atom. The van der Waals surface area contributed by atoms with Crippen molar-refractivity contribution in [3.8, 4) is 22.8 Å². The van der Waals surface area contributed by atoms with Crippen molar-refractivity contribution in [2.45, 2.75) is 13.5 Å². The molecular formula is C27H23N3O4. The molecule has 170 valence electrons. The zero-order valence-corrected chi connectivity index (χ0v) is 18.6. The minimum Gasteiger partial charge on any atom is -0.494 e. The molecule has 5 aromatic rings. The molecule has 7 heteroatoms. The zero-order chi connectivity index (χ0) is 23.5. The molecule has 2 aromatic carbocycles. The molecule has 0 saturated heterocycles. The van der Waals surface area contributed by atoms with Gasteiger partial charge in [-0.3, -0.25) is 9.97 Å². The van der Waals surface area contributed by atoms with E-state index in [4.69, 9.17) is 9.47 Å². The highest BCUT2D eigenvalue weighted by molar-refractivity contribution is 6.00. The molecule has 0 aliphatic carbocycles. The Bertz CT molecular complexity index is 1490. The first kappa shape index (κ1) is 21.5. The van der Waals surface area contributed by atoms with E-state index in [1.165, 1.54) is 0 Å². The van der Waals surface area contributed by atoms with Crippen LogP contribution in [0.3, 0.4) is 0 Å². The Kier molecular flexibility index (Phi) is 5.82. The van der Waals surface area contributed by atoms with Crippen LogP contribution in [-0.4, -0.2) is 38.8 Å². The van der Waals surface area contributed by atoms with Gasteiger partial charge in [-0.15, -0.1) is 0 Å². The van der Waals surface area contributed by atoms with E-state index in [-0.39, 0.29) is 5.69 Å². The topological polar surface area (TPSA) is 86.5 Å². The van der Waals surface area contributed by atoms with E-state index in [1.54, 1.807) is 29.2 Å². The first-order valence-electron chi connectivity index (χ1n) is 11.1. The van der Waals surface area contributed by atoms with Crippen molar-refractivity contribution in [3.63, 3.8) is 0 Å². The van der Waals surface area contributed by atoms with Gasteiger partial charge in [0.2, 0.25) is 0 Å². The quantitative estimate of drug-likeness (QED) is 0.337. The van der Waals surface area contributed by atoms with E-state index in [1.807, 2.05) is 61.5 Å². The van der Waals surface area contributed by atoms with E-state index >= 15 is 0 Å². The van der Waals surface area contributed by atoms with Crippen molar-refractivity contribution in [2.75, 3.05) is 13.2 Å². The van der Waals surface area contributed by atoms with Crippen LogP contribution < -0.4 is 9.47 Å². The van der Waals surface area contributed by atoms with Gasteiger partial charge in [-0.1, -0.05) is 24.3 Å². The third-order valence-corrected chi connectivity index (χ3v) is 5.68. The molecule has 0 aliphatic rings. The van der Waals surface area contributed by atoms with Crippen LogP contribution in [0.5, 0.6) is 11.5 Å². The molecule has 0 amide bonds. The van der Waals surface area contributed by atoms with Crippen LogP contribution in [0.1, 0.15) is 17.4 Å². The number of benzene rings is 2. The molecule has 0 unspecified atom stereocenters. The third kappa shape index (κ3) is 4.03. The largest absolute Gasteiger partial charge is 0.494 e. The predicted octanol–water partition coefficient (Wildman–Crippen LogP) is 5.43. The van der Waals surface area contributed by atoms with Gasteiger partial charge in [-0.05, 0) is 48.7 Å². The second kappa shape index (κ2) is 9.23. The number of pyridine rings is 2. The molecule has 3 heterocycles. The van der Waals surface area contributed by atoms with E-state index in [0.717, 1.165) is 33.0 Å². The molecule has 0 fully saturated rings. The molecule has 0 saturated carbocycles. The number of carboxylic acid groups (broad SMARTS) is 1. The number of aromatic carboxylic acids is 1.